The van der Waals surface area contributed by atoms with Crippen molar-refractivity contribution in [3.63, 3.8) is 0 Å². The van der Waals surface area contributed by atoms with Gasteiger partial charge in [0, 0.05) is 16.1 Å². The monoisotopic (exact) mass is 487 g/mol. The van der Waals surface area contributed by atoms with Gasteiger partial charge in [-0.1, -0.05) is 71.8 Å². The van der Waals surface area contributed by atoms with Crippen LogP contribution in [0.1, 0.15) is 49.7 Å². The Bertz CT molecular complexity index is 1230. The molecule has 0 heterocycles. The van der Waals surface area contributed by atoms with Gasteiger partial charge in [-0.05, 0) is 80.0 Å². The smallest absolute Gasteiger partial charge is 0.329 e. The lowest BCUT2D eigenvalue weighted by Gasteiger charge is -2.45. The second-order valence-electron chi connectivity index (χ2n) is 9.63. The van der Waals surface area contributed by atoms with Crippen LogP contribution in [0.5, 0.6) is 5.75 Å². The number of nitrogens with one attached hydrogen (secondary N) is 1. The van der Waals surface area contributed by atoms with Gasteiger partial charge in [0.25, 0.3) is 0 Å². The third-order valence-electron chi connectivity index (χ3n) is 7.60. The molecule has 0 saturated heterocycles. The lowest BCUT2D eigenvalue weighted by molar-refractivity contribution is -0.143. The Hall–Kier alpha value is -3.24. The summed E-state index contributed by atoms with van der Waals surface area (Å²) in [6.45, 7) is 0.656. The van der Waals surface area contributed by atoms with Gasteiger partial charge < -0.3 is 15.2 Å². The third-order valence-corrected chi connectivity index (χ3v) is 7.83. The molecular formula is C30H30ClNO3. The lowest BCUT2D eigenvalue weighted by Crippen LogP contribution is -2.52. The van der Waals surface area contributed by atoms with Gasteiger partial charge in [0.05, 0.1) is 6.61 Å². The van der Waals surface area contributed by atoms with Gasteiger partial charge >= 0.3 is 5.97 Å². The summed E-state index contributed by atoms with van der Waals surface area (Å²) in [6.07, 6.45) is 6.84. The Kier molecular flexibility index (Phi) is 6.57. The van der Waals surface area contributed by atoms with Crippen LogP contribution >= 0.6 is 11.6 Å². The summed E-state index contributed by atoms with van der Waals surface area (Å²) in [5.41, 5.74) is 3.62. The van der Waals surface area contributed by atoms with Crippen molar-refractivity contribution in [2.45, 2.75) is 49.5 Å². The van der Waals surface area contributed by atoms with E-state index in [2.05, 4.69) is 35.7 Å². The minimum atomic E-state index is -1.00. The number of carbonyl (C=O) groups is 1. The number of allylic oxidation sites excluding steroid dienone is 1. The van der Waals surface area contributed by atoms with Crippen molar-refractivity contribution in [3.05, 3.63) is 101 Å². The zero-order valence-electron chi connectivity index (χ0n) is 19.7. The number of benzene rings is 3. The van der Waals surface area contributed by atoms with Crippen molar-refractivity contribution in [1.82, 2.24) is 0 Å². The van der Waals surface area contributed by atoms with Crippen molar-refractivity contribution in [2.24, 2.45) is 0 Å². The molecule has 5 heteroatoms. The number of ether oxygens (including phenoxy) is 1. The Morgan fingerprint density at radius 2 is 1.69 bits per heavy atom. The largest absolute Gasteiger partial charge is 0.494 e. The zero-order chi connectivity index (χ0) is 24.3. The number of hydrogen-bond acceptors (Lipinski definition) is 3. The first-order valence-electron chi connectivity index (χ1n) is 12.3. The highest BCUT2D eigenvalue weighted by Crippen LogP contribution is 2.54. The molecule has 4 nitrogen and oxygen atoms in total. The van der Waals surface area contributed by atoms with Crippen LogP contribution in [0.25, 0.3) is 6.08 Å². The first kappa shape index (κ1) is 23.5. The molecular weight excluding hydrogens is 458 g/mol. The van der Waals surface area contributed by atoms with E-state index >= 15 is 0 Å². The number of hydrogen-bond donors (Lipinski definition) is 2. The van der Waals surface area contributed by atoms with Crippen LogP contribution in [-0.4, -0.2) is 23.2 Å². The van der Waals surface area contributed by atoms with Crippen molar-refractivity contribution < 1.29 is 14.6 Å². The maximum absolute atomic E-state index is 12.5. The predicted molar refractivity (Wildman–Crippen MR) is 141 cm³/mol. The molecule has 0 aliphatic heterocycles. The topological polar surface area (TPSA) is 58.6 Å². The van der Waals surface area contributed by atoms with Crippen LogP contribution in [0, 0.1) is 0 Å². The normalized spacial score (nSPS) is 22.9. The number of aliphatic carboxylic acids is 1. The van der Waals surface area contributed by atoms with Crippen molar-refractivity contribution in [3.8, 4) is 5.75 Å². The lowest BCUT2D eigenvalue weighted by atomic mass is 9.61. The van der Waals surface area contributed by atoms with Crippen LogP contribution < -0.4 is 10.1 Å². The molecule has 0 aromatic heterocycles. The number of anilines is 1. The maximum atomic E-state index is 12.5. The zero-order valence-corrected chi connectivity index (χ0v) is 20.4. The number of rotatable bonds is 8. The Balaban J connectivity index is 1.33. The highest BCUT2D eigenvalue weighted by Gasteiger charge is 2.51. The Labute approximate surface area is 211 Å². The molecule has 2 N–H and O–H groups in total. The minimum Gasteiger partial charge on any atom is -0.494 e. The molecule has 1 spiro atoms. The van der Waals surface area contributed by atoms with Crippen LogP contribution in [0.15, 0.2) is 84.4 Å². The molecule has 0 atom stereocenters. The minimum absolute atomic E-state index is 0.113. The van der Waals surface area contributed by atoms with E-state index < -0.39 is 11.5 Å². The molecule has 0 unspecified atom stereocenters. The molecule has 2 aliphatic carbocycles. The second kappa shape index (κ2) is 9.79. The summed E-state index contributed by atoms with van der Waals surface area (Å²) in [4.78, 5) is 12.5. The molecule has 0 bridgehead atoms. The summed E-state index contributed by atoms with van der Waals surface area (Å²) >= 11 is 6.16. The fourth-order valence-corrected chi connectivity index (χ4v) is 5.96. The van der Waals surface area contributed by atoms with Gasteiger partial charge in [-0.25, -0.2) is 4.79 Å². The number of carboxylic acid groups (broad SMARTS) is 1. The molecule has 3 aromatic rings. The third kappa shape index (κ3) is 4.68. The standard InChI is InChI=1S/C30H30ClNO3/c31-24-10-6-11-25(21-24)32-30(28(33)34)17-15-29(16-18-30)23(20-22-8-4-5-14-27(22)29)9-7-19-35-26-12-2-1-3-13-26/h1-6,8,10-14,20-21,32H,7,9,15-19H2,(H,33,34). The van der Waals surface area contributed by atoms with E-state index in [0.29, 0.717) is 24.5 Å². The Morgan fingerprint density at radius 1 is 0.943 bits per heavy atom. The number of fused-ring (bicyclic) bond motifs is 2. The fourth-order valence-electron chi connectivity index (χ4n) is 5.77. The molecule has 1 fully saturated rings. The SMILES string of the molecule is O=C(O)C1(Nc2cccc(Cl)c2)CCC2(CC1)C(CCCOc1ccccc1)=Cc1ccccc12. The molecule has 3 aromatic carbocycles. The summed E-state index contributed by atoms with van der Waals surface area (Å²) in [5, 5.41) is 14.2. The number of para-hydroxylation sites is 1. The number of carboxylic acids is 1. The van der Waals surface area contributed by atoms with Gasteiger partial charge in [0.15, 0.2) is 0 Å². The van der Waals surface area contributed by atoms with E-state index in [4.69, 9.17) is 16.3 Å². The highest BCUT2D eigenvalue weighted by atomic mass is 35.5. The van der Waals surface area contributed by atoms with Gasteiger partial charge in [-0.3, -0.25) is 0 Å². The van der Waals surface area contributed by atoms with E-state index in [1.165, 1.54) is 16.7 Å². The van der Waals surface area contributed by atoms with Crippen molar-refractivity contribution in [2.75, 3.05) is 11.9 Å². The highest BCUT2D eigenvalue weighted by molar-refractivity contribution is 6.30. The van der Waals surface area contributed by atoms with Crippen LogP contribution in [0.2, 0.25) is 5.02 Å². The second-order valence-corrected chi connectivity index (χ2v) is 10.1. The van der Waals surface area contributed by atoms with Crippen LogP contribution in [-0.2, 0) is 10.2 Å². The van der Waals surface area contributed by atoms with E-state index in [9.17, 15) is 9.90 Å². The van der Waals surface area contributed by atoms with E-state index in [1.807, 2.05) is 42.5 Å². The summed E-state index contributed by atoms with van der Waals surface area (Å²) < 4.78 is 5.93. The van der Waals surface area contributed by atoms with Gasteiger partial charge in [-0.2, -0.15) is 0 Å². The summed E-state index contributed by atoms with van der Waals surface area (Å²) in [7, 11) is 0. The average molecular weight is 488 g/mol. The average Bonchev–Trinajstić information content (AvgIpc) is 3.17. The molecule has 0 amide bonds. The van der Waals surface area contributed by atoms with Crippen molar-refractivity contribution in [1.29, 1.82) is 0 Å². The molecule has 2 aliphatic rings. The first-order valence-corrected chi connectivity index (χ1v) is 12.6. The molecule has 5 rings (SSSR count). The molecule has 1 saturated carbocycles. The van der Waals surface area contributed by atoms with E-state index in [1.54, 1.807) is 12.1 Å². The summed E-state index contributed by atoms with van der Waals surface area (Å²) in [5.74, 6) is 0.0855. The van der Waals surface area contributed by atoms with Gasteiger partial charge in [0.1, 0.15) is 11.3 Å². The number of halogens is 1. The molecule has 0 radical (unpaired) electrons. The van der Waals surface area contributed by atoms with Crippen LogP contribution in [0.4, 0.5) is 5.69 Å². The van der Waals surface area contributed by atoms with Gasteiger partial charge in [0.2, 0.25) is 0 Å². The van der Waals surface area contributed by atoms with Crippen LogP contribution in [0.3, 0.4) is 0 Å². The Morgan fingerprint density at radius 3 is 2.43 bits per heavy atom. The van der Waals surface area contributed by atoms with E-state index in [0.717, 1.165) is 37.1 Å². The first-order chi connectivity index (χ1) is 17.0. The fraction of sp³-hybridized carbons (Fsp3) is 0.300. The quantitative estimate of drug-likeness (QED) is 0.326. The summed E-state index contributed by atoms with van der Waals surface area (Å²) in [6, 6.07) is 25.8. The molecule has 180 valence electrons. The predicted octanol–water partition coefficient (Wildman–Crippen LogP) is 7.34. The molecule has 35 heavy (non-hydrogen) atoms. The maximum Gasteiger partial charge on any atom is 0.329 e. The van der Waals surface area contributed by atoms with Gasteiger partial charge in [-0.15, -0.1) is 0 Å². The van der Waals surface area contributed by atoms with E-state index in [-0.39, 0.29) is 5.41 Å². The van der Waals surface area contributed by atoms with Crippen molar-refractivity contribution >= 4 is 29.3 Å².